The fourth-order valence-corrected chi connectivity index (χ4v) is 2.61. The number of hydrogen-bond acceptors (Lipinski definition) is 3. The van der Waals surface area contributed by atoms with Gasteiger partial charge >= 0.3 is 0 Å². The van der Waals surface area contributed by atoms with E-state index >= 15 is 0 Å². The first-order valence-corrected chi connectivity index (χ1v) is 6.97. The third kappa shape index (κ3) is 3.16. The first-order chi connectivity index (χ1) is 8.74. The zero-order valence-electron chi connectivity index (χ0n) is 10.8. The third-order valence-corrected chi connectivity index (χ3v) is 3.73. The molecule has 1 atom stereocenters. The Balaban J connectivity index is 2.16. The van der Waals surface area contributed by atoms with Gasteiger partial charge in [0.1, 0.15) is 0 Å². The van der Waals surface area contributed by atoms with E-state index in [1.165, 1.54) is 11.3 Å². The first kappa shape index (κ1) is 13.7. The van der Waals surface area contributed by atoms with E-state index in [9.17, 15) is 5.11 Å². The quantitative estimate of drug-likeness (QED) is 0.860. The van der Waals surface area contributed by atoms with Crippen molar-refractivity contribution in [1.29, 1.82) is 0 Å². The van der Waals surface area contributed by atoms with Crippen LogP contribution in [0.1, 0.15) is 18.9 Å². The predicted molar refractivity (Wildman–Crippen MR) is 76.2 cm³/mol. The smallest absolute Gasteiger partial charge is 0.0476 e. The van der Waals surface area contributed by atoms with Crippen molar-refractivity contribution in [2.24, 2.45) is 5.92 Å². The molecule has 0 amide bonds. The molecule has 1 aliphatic rings. The fraction of sp³-hybridized carbons (Fsp3) is 0.571. The van der Waals surface area contributed by atoms with Crippen LogP contribution in [-0.2, 0) is 6.54 Å². The van der Waals surface area contributed by atoms with Gasteiger partial charge in [0.05, 0.1) is 0 Å². The molecular formula is C14H21ClN2O. The highest BCUT2D eigenvalue weighted by molar-refractivity contribution is 6.30. The van der Waals surface area contributed by atoms with Gasteiger partial charge in [-0.15, -0.1) is 0 Å². The van der Waals surface area contributed by atoms with Gasteiger partial charge in [0.15, 0.2) is 0 Å². The highest BCUT2D eigenvalue weighted by Crippen LogP contribution is 2.29. The number of nitrogens with one attached hydrogen (secondary N) is 1. The molecule has 3 nitrogen and oxygen atoms in total. The number of rotatable bonds is 5. The number of hydrogen-bond donors (Lipinski definition) is 2. The monoisotopic (exact) mass is 268 g/mol. The molecule has 0 bridgehead atoms. The predicted octanol–water partition coefficient (Wildman–Crippen LogP) is 2.27. The molecule has 18 heavy (non-hydrogen) atoms. The van der Waals surface area contributed by atoms with Gasteiger partial charge < -0.3 is 15.3 Å². The van der Waals surface area contributed by atoms with Crippen molar-refractivity contribution in [2.45, 2.75) is 19.9 Å². The summed E-state index contributed by atoms with van der Waals surface area (Å²) >= 11 is 6.10. The van der Waals surface area contributed by atoms with Gasteiger partial charge in [0, 0.05) is 42.9 Å². The molecule has 2 rings (SSSR count). The molecule has 0 aromatic heterocycles. The van der Waals surface area contributed by atoms with Gasteiger partial charge in [0.2, 0.25) is 0 Å². The first-order valence-electron chi connectivity index (χ1n) is 6.59. The highest BCUT2D eigenvalue weighted by atomic mass is 35.5. The standard InChI is InChI=1S/C14H21ClN2O/c1-2-16-8-12-3-4-13(15)7-14(12)17-6-5-11(9-17)10-18/h3-4,7,11,16,18H,2,5-6,8-10H2,1H3. The van der Waals surface area contributed by atoms with E-state index in [0.29, 0.717) is 5.92 Å². The summed E-state index contributed by atoms with van der Waals surface area (Å²) in [6.45, 7) is 6.14. The van der Waals surface area contributed by atoms with E-state index in [1.807, 2.05) is 12.1 Å². The fourth-order valence-electron chi connectivity index (χ4n) is 2.44. The average Bonchev–Trinajstić information content (AvgIpc) is 2.86. The number of halogens is 1. The maximum Gasteiger partial charge on any atom is 0.0476 e. The summed E-state index contributed by atoms with van der Waals surface area (Å²) in [6.07, 6.45) is 1.06. The molecule has 0 saturated carbocycles. The SMILES string of the molecule is CCNCc1ccc(Cl)cc1N1CCC(CO)C1. The zero-order chi connectivity index (χ0) is 13.0. The maximum absolute atomic E-state index is 9.23. The third-order valence-electron chi connectivity index (χ3n) is 3.50. The van der Waals surface area contributed by atoms with Crippen LogP contribution >= 0.6 is 11.6 Å². The van der Waals surface area contributed by atoms with E-state index in [2.05, 4.69) is 23.2 Å². The van der Waals surface area contributed by atoms with Crippen molar-refractivity contribution in [3.8, 4) is 0 Å². The Morgan fingerprint density at radius 3 is 3.00 bits per heavy atom. The minimum Gasteiger partial charge on any atom is -0.396 e. The van der Waals surface area contributed by atoms with E-state index in [1.54, 1.807) is 0 Å². The lowest BCUT2D eigenvalue weighted by Crippen LogP contribution is -2.23. The maximum atomic E-state index is 9.23. The molecule has 1 heterocycles. The number of aliphatic hydroxyl groups is 1. The second-order valence-electron chi connectivity index (χ2n) is 4.84. The molecule has 1 aliphatic heterocycles. The van der Waals surface area contributed by atoms with Crippen LogP contribution in [0.4, 0.5) is 5.69 Å². The van der Waals surface area contributed by atoms with Crippen LogP contribution in [0.2, 0.25) is 5.02 Å². The van der Waals surface area contributed by atoms with Crippen LogP contribution in [0.25, 0.3) is 0 Å². The lowest BCUT2D eigenvalue weighted by atomic mass is 10.1. The van der Waals surface area contributed by atoms with Crippen LogP contribution in [-0.4, -0.2) is 31.3 Å². The molecule has 2 N–H and O–H groups in total. The van der Waals surface area contributed by atoms with Crippen molar-refractivity contribution < 1.29 is 5.11 Å². The molecule has 1 aromatic rings. The number of benzene rings is 1. The Kier molecular flexibility index (Phi) is 4.87. The van der Waals surface area contributed by atoms with Gasteiger partial charge in [-0.3, -0.25) is 0 Å². The Morgan fingerprint density at radius 2 is 2.33 bits per heavy atom. The summed E-state index contributed by atoms with van der Waals surface area (Å²) in [5.74, 6) is 0.399. The van der Waals surface area contributed by atoms with Gasteiger partial charge in [-0.05, 0) is 30.7 Å². The minimum atomic E-state index is 0.277. The van der Waals surface area contributed by atoms with Gasteiger partial charge in [0.25, 0.3) is 0 Å². The Bertz CT molecular complexity index is 397. The highest BCUT2D eigenvalue weighted by Gasteiger charge is 2.23. The Hall–Kier alpha value is -0.770. The molecule has 4 heteroatoms. The van der Waals surface area contributed by atoms with Crippen molar-refractivity contribution in [3.05, 3.63) is 28.8 Å². The van der Waals surface area contributed by atoms with E-state index in [0.717, 1.165) is 37.6 Å². The topological polar surface area (TPSA) is 35.5 Å². The second-order valence-corrected chi connectivity index (χ2v) is 5.27. The largest absolute Gasteiger partial charge is 0.396 e. The Labute approximate surface area is 114 Å². The molecule has 0 spiro atoms. The van der Waals surface area contributed by atoms with Crippen molar-refractivity contribution in [2.75, 3.05) is 31.1 Å². The summed E-state index contributed by atoms with van der Waals surface area (Å²) in [5.41, 5.74) is 2.49. The van der Waals surface area contributed by atoms with Crippen LogP contribution in [0.3, 0.4) is 0 Å². The van der Waals surface area contributed by atoms with Crippen LogP contribution in [0, 0.1) is 5.92 Å². The van der Waals surface area contributed by atoms with Crippen molar-refractivity contribution in [1.82, 2.24) is 5.32 Å². The molecule has 1 aromatic carbocycles. The molecule has 100 valence electrons. The van der Waals surface area contributed by atoms with E-state index in [4.69, 9.17) is 11.6 Å². The molecule has 1 saturated heterocycles. The number of anilines is 1. The lowest BCUT2D eigenvalue weighted by Gasteiger charge is -2.22. The molecule has 0 radical (unpaired) electrons. The summed E-state index contributed by atoms with van der Waals surface area (Å²) in [5, 5.41) is 13.4. The molecule has 1 fully saturated rings. The molecular weight excluding hydrogens is 248 g/mol. The van der Waals surface area contributed by atoms with Crippen molar-refractivity contribution in [3.63, 3.8) is 0 Å². The van der Waals surface area contributed by atoms with Gasteiger partial charge in [-0.25, -0.2) is 0 Å². The van der Waals surface area contributed by atoms with Crippen LogP contribution in [0.5, 0.6) is 0 Å². The number of nitrogens with zero attached hydrogens (tertiary/aromatic N) is 1. The summed E-state index contributed by atoms with van der Waals surface area (Å²) in [4.78, 5) is 2.33. The normalized spacial score (nSPS) is 19.5. The van der Waals surface area contributed by atoms with E-state index in [-0.39, 0.29) is 6.61 Å². The van der Waals surface area contributed by atoms with Gasteiger partial charge in [-0.1, -0.05) is 24.6 Å². The van der Waals surface area contributed by atoms with Crippen LogP contribution in [0.15, 0.2) is 18.2 Å². The average molecular weight is 269 g/mol. The molecule has 1 unspecified atom stereocenters. The van der Waals surface area contributed by atoms with Crippen LogP contribution < -0.4 is 10.2 Å². The van der Waals surface area contributed by atoms with Crippen molar-refractivity contribution >= 4 is 17.3 Å². The zero-order valence-corrected chi connectivity index (χ0v) is 11.6. The second kappa shape index (κ2) is 6.41. The Morgan fingerprint density at radius 1 is 1.50 bits per heavy atom. The van der Waals surface area contributed by atoms with E-state index < -0.39 is 0 Å². The summed E-state index contributed by atoms with van der Waals surface area (Å²) in [6, 6.07) is 6.07. The molecule has 0 aliphatic carbocycles. The summed E-state index contributed by atoms with van der Waals surface area (Å²) < 4.78 is 0. The van der Waals surface area contributed by atoms with Gasteiger partial charge in [-0.2, -0.15) is 0 Å². The number of aliphatic hydroxyl groups excluding tert-OH is 1. The lowest BCUT2D eigenvalue weighted by molar-refractivity contribution is 0.238. The minimum absolute atomic E-state index is 0.277. The summed E-state index contributed by atoms with van der Waals surface area (Å²) in [7, 11) is 0.